The largest absolute Gasteiger partial charge is 0.491 e. The summed E-state index contributed by atoms with van der Waals surface area (Å²) < 4.78 is 72.6. The summed E-state index contributed by atoms with van der Waals surface area (Å²) in [5.74, 6) is -0.920. The lowest BCUT2D eigenvalue weighted by Crippen LogP contribution is -3.12. The van der Waals surface area contributed by atoms with E-state index in [4.69, 9.17) is 25.8 Å². The Labute approximate surface area is 340 Å². The van der Waals surface area contributed by atoms with Crippen LogP contribution in [0.5, 0.6) is 17.4 Å². The van der Waals surface area contributed by atoms with Crippen molar-refractivity contribution in [1.29, 1.82) is 0 Å². The van der Waals surface area contributed by atoms with Crippen LogP contribution >= 0.6 is 22.9 Å². The maximum atomic E-state index is 14.1. The number of piperazine rings is 1. The minimum absolute atomic E-state index is 0.00340. The number of fused-ring (bicyclic) bond motifs is 1. The van der Waals surface area contributed by atoms with Crippen LogP contribution in [-0.2, 0) is 24.4 Å². The normalized spacial score (nSPS) is 14.5. The number of para-hydroxylation sites is 1. The molecule has 1 aliphatic rings. The molecule has 4 heterocycles. The van der Waals surface area contributed by atoms with Crippen LogP contribution in [0.25, 0.3) is 31.8 Å². The number of quaternary nitrogens is 1. The van der Waals surface area contributed by atoms with Gasteiger partial charge in [0.25, 0.3) is 0 Å². The summed E-state index contributed by atoms with van der Waals surface area (Å²) in [6.45, 7) is 5.71. The van der Waals surface area contributed by atoms with Gasteiger partial charge in [-0.1, -0.05) is 48.0 Å². The number of thiophene rings is 1. The highest BCUT2D eigenvalue weighted by Gasteiger charge is 2.30. The molecule has 0 radical (unpaired) electrons. The number of benzene rings is 3. The van der Waals surface area contributed by atoms with E-state index in [-0.39, 0.29) is 30.4 Å². The molecule has 0 aliphatic carbocycles. The van der Waals surface area contributed by atoms with Crippen LogP contribution in [0.4, 0.5) is 17.6 Å². The van der Waals surface area contributed by atoms with Crippen molar-refractivity contribution >= 4 is 39.1 Å². The predicted octanol–water partition coefficient (Wildman–Crippen LogP) is 6.75. The molecule has 7 rings (SSSR count). The summed E-state index contributed by atoms with van der Waals surface area (Å²) >= 11 is 8.31. The SMILES string of the molecule is Cc1c(-c2c(-c3ccc(F)cc3)sc3ncnc(OC(Cc4ccccc4OCc4ccnn4CC(F)(F)F)C(=O)O)c23)ccc(OCCN2CC[NH+](C)CC2)c1Cl. The first-order valence-corrected chi connectivity index (χ1v) is 19.7. The molecule has 2 N–H and O–H groups in total. The summed E-state index contributed by atoms with van der Waals surface area (Å²) in [6, 6.07) is 17.7. The van der Waals surface area contributed by atoms with Crippen molar-refractivity contribution in [1.82, 2.24) is 24.6 Å². The number of aliphatic carboxylic acids is 1. The third kappa shape index (κ3) is 9.52. The highest BCUT2D eigenvalue weighted by atomic mass is 35.5. The lowest BCUT2D eigenvalue weighted by Gasteiger charge is -2.29. The van der Waals surface area contributed by atoms with Gasteiger partial charge < -0.3 is 24.2 Å². The zero-order chi connectivity index (χ0) is 41.0. The van der Waals surface area contributed by atoms with Gasteiger partial charge in [0.1, 0.15) is 48.2 Å². The van der Waals surface area contributed by atoms with Gasteiger partial charge in [0.2, 0.25) is 12.0 Å². The first-order chi connectivity index (χ1) is 27.8. The van der Waals surface area contributed by atoms with E-state index in [0.717, 1.165) is 37.4 Å². The van der Waals surface area contributed by atoms with E-state index in [1.165, 1.54) is 47.0 Å². The molecule has 304 valence electrons. The molecule has 0 saturated carbocycles. The smallest absolute Gasteiger partial charge is 0.408 e. The van der Waals surface area contributed by atoms with Crippen LogP contribution < -0.4 is 19.1 Å². The number of hydrogen-bond donors (Lipinski definition) is 2. The predicted molar refractivity (Wildman–Crippen MR) is 211 cm³/mol. The molecular weight excluding hydrogens is 800 g/mol. The van der Waals surface area contributed by atoms with Gasteiger partial charge in [-0.2, -0.15) is 18.3 Å². The summed E-state index contributed by atoms with van der Waals surface area (Å²) in [4.78, 5) is 26.9. The van der Waals surface area contributed by atoms with Crippen molar-refractivity contribution in [2.75, 3.05) is 46.4 Å². The van der Waals surface area contributed by atoms with Gasteiger partial charge in [-0.15, -0.1) is 11.3 Å². The number of likely N-dealkylation sites (N-methyl/N-ethyl adjacent to an activating group) is 1. The Bertz CT molecular complexity index is 2380. The Kier molecular flexibility index (Phi) is 12.5. The van der Waals surface area contributed by atoms with Gasteiger partial charge >= 0.3 is 12.1 Å². The number of aromatic nitrogens is 4. The van der Waals surface area contributed by atoms with Crippen LogP contribution in [-0.4, -0.2) is 94.4 Å². The van der Waals surface area contributed by atoms with Crippen molar-refractivity contribution in [3.05, 3.63) is 107 Å². The molecule has 1 aliphatic heterocycles. The van der Waals surface area contributed by atoms with Gasteiger partial charge in [0.05, 0.1) is 36.2 Å². The Balaban J connectivity index is 1.20. The molecule has 3 aromatic heterocycles. The quantitative estimate of drug-likeness (QED) is 0.109. The second-order valence-electron chi connectivity index (χ2n) is 14.0. The van der Waals surface area contributed by atoms with Gasteiger partial charge in [-0.05, 0) is 59.5 Å². The van der Waals surface area contributed by atoms with Crippen LogP contribution in [0.3, 0.4) is 0 Å². The molecule has 1 unspecified atom stereocenters. The highest BCUT2D eigenvalue weighted by Crippen LogP contribution is 2.49. The number of nitrogens with one attached hydrogen (secondary N) is 1. The second-order valence-corrected chi connectivity index (χ2v) is 15.4. The van der Waals surface area contributed by atoms with E-state index in [1.807, 2.05) is 13.0 Å². The number of carbonyl (C=O) groups is 1. The summed E-state index contributed by atoms with van der Waals surface area (Å²) in [6.07, 6.45) is -3.61. The fourth-order valence-corrected chi connectivity index (χ4v) is 8.19. The second kappa shape index (κ2) is 17.7. The Morgan fingerprint density at radius 1 is 1.02 bits per heavy atom. The van der Waals surface area contributed by atoms with Crippen LogP contribution in [0.1, 0.15) is 16.8 Å². The number of carboxylic acids is 1. The lowest BCUT2D eigenvalue weighted by atomic mass is 9.96. The third-order valence-electron chi connectivity index (χ3n) is 9.97. The highest BCUT2D eigenvalue weighted by molar-refractivity contribution is 7.22. The maximum Gasteiger partial charge on any atom is 0.408 e. The van der Waals surface area contributed by atoms with Crippen molar-refractivity contribution in [2.45, 2.75) is 38.8 Å². The standard InChI is InChI=1S/C41H39ClF4N6O5S/c1-25-30(11-12-32(36(25)42)55-20-19-51-17-15-50(2)16-18-51)34-35-38(47-24-48-39(35)58-37(34)26-7-9-28(43)10-8-26)57-33(40(53)54)21-27-5-3-4-6-31(27)56-22-29-13-14-49-52(29)23-41(44,45)46/h3-14,24,33H,15-23H2,1-2H3,(H,53,54)/p+1. The molecule has 0 amide bonds. The van der Waals surface area contributed by atoms with Crippen molar-refractivity contribution in [3.63, 3.8) is 0 Å². The van der Waals surface area contributed by atoms with Crippen molar-refractivity contribution in [3.8, 4) is 38.9 Å². The average Bonchev–Trinajstić information content (AvgIpc) is 3.80. The van der Waals surface area contributed by atoms with Gasteiger partial charge in [-0.3, -0.25) is 9.58 Å². The Hall–Kier alpha value is -5.29. The Morgan fingerprint density at radius 2 is 1.78 bits per heavy atom. The number of nitrogens with zero attached hydrogens (tertiary/aromatic N) is 5. The number of carboxylic acid groups (broad SMARTS) is 1. The molecule has 0 spiro atoms. The van der Waals surface area contributed by atoms with E-state index >= 15 is 0 Å². The minimum atomic E-state index is -4.48. The molecule has 17 heteroatoms. The molecule has 1 fully saturated rings. The lowest BCUT2D eigenvalue weighted by molar-refractivity contribution is -0.884. The first-order valence-electron chi connectivity index (χ1n) is 18.5. The van der Waals surface area contributed by atoms with E-state index in [0.29, 0.717) is 60.3 Å². The fraction of sp³-hybridized carbons (Fsp3) is 0.317. The van der Waals surface area contributed by atoms with Crippen molar-refractivity contribution < 1.29 is 46.6 Å². The van der Waals surface area contributed by atoms with Crippen LogP contribution in [0.15, 0.2) is 79.3 Å². The molecular formula is C41H40ClF4N6O5S+. The molecule has 0 bridgehead atoms. The molecule has 1 atom stereocenters. The van der Waals surface area contributed by atoms with E-state index in [1.54, 1.807) is 42.5 Å². The van der Waals surface area contributed by atoms with Crippen LogP contribution in [0, 0.1) is 12.7 Å². The summed E-state index contributed by atoms with van der Waals surface area (Å²) in [5.41, 5.74) is 3.32. The fourth-order valence-electron chi connectivity index (χ4n) is 6.82. The van der Waals surface area contributed by atoms with E-state index in [2.05, 4.69) is 27.0 Å². The molecule has 1 saturated heterocycles. The number of halogens is 5. The monoisotopic (exact) mass is 839 g/mol. The topological polar surface area (TPSA) is 116 Å². The van der Waals surface area contributed by atoms with Crippen LogP contribution in [0.2, 0.25) is 5.02 Å². The minimum Gasteiger partial charge on any atom is -0.491 e. The van der Waals surface area contributed by atoms with Gasteiger partial charge in [0.15, 0.2) is 0 Å². The molecule has 3 aromatic carbocycles. The number of ether oxygens (including phenoxy) is 3. The molecule has 11 nitrogen and oxygen atoms in total. The zero-order valence-electron chi connectivity index (χ0n) is 31.6. The maximum absolute atomic E-state index is 14.1. The average molecular weight is 840 g/mol. The molecule has 6 aromatic rings. The number of alkyl halides is 3. The summed E-state index contributed by atoms with van der Waals surface area (Å²) in [5, 5.41) is 15.1. The molecule has 58 heavy (non-hydrogen) atoms. The van der Waals surface area contributed by atoms with E-state index in [9.17, 15) is 27.5 Å². The first kappa shape index (κ1) is 40.9. The third-order valence-corrected chi connectivity index (χ3v) is 11.6. The van der Waals surface area contributed by atoms with E-state index < -0.39 is 30.6 Å². The van der Waals surface area contributed by atoms with Crippen molar-refractivity contribution in [2.24, 2.45) is 0 Å². The van der Waals surface area contributed by atoms with Gasteiger partial charge in [0, 0.05) is 42.7 Å². The zero-order valence-corrected chi connectivity index (χ0v) is 33.1. The van der Waals surface area contributed by atoms with Gasteiger partial charge in [-0.25, -0.2) is 19.2 Å². The summed E-state index contributed by atoms with van der Waals surface area (Å²) in [7, 11) is 2.19. The Morgan fingerprint density at radius 3 is 2.52 bits per heavy atom. The number of rotatable bonds is 15. The number of hydrogen-bond acceptors (Lipinski definition) is 9.